The predicted molar refractivity (Wildman–Crippen MR) is 78.8 cm³/mol. The number of hydrogen-bond donors (Lipinski definition) is 1. The summed E-state index contributed by atoms with van der Waals surface area (Å²) >= 11 is 1.38. The average Bonchev–Trinajstić information content (AvgIpc) is 2.87. The molecule has 19 heavy (non-hydrogen) atoms. The average molecular weight is 302 g/mol. The quantitative estimate of drug-likeness (QED) is 0.926. The van der Waals surface area contributed by atoms with Crippen LogP contribution < -0.4 is 5.73 Å². The van der Waals surface area contributed by atoms with E-state index < -0.39 is 10.0 Å². The number of piperidine rings is 1. The van der Waals surface area contributed by atoms with Gasteiger partial charge >= 0.3 is 0 Å². The van der Waals surface area contributed by atoms with Gasteiger partial charge in [0.25, 0.3) is 10.0 Å². The first-order chi connectivity index (χ1) is 9.00. The SMILES string of the molecule is CCc1ccc(S(=O)(=O)N2CCCC(C)C2CN)s1. The van der Waals surface area contributed by atoms with Gasteiger partial charge < -0.3 is 5.73 Å². The van der Waals surface area contributed by atoms with Crippen molar-refractivity contribution in [3.63, 3.8) is 0 Å². The molecular formula is C13H22N2O2S2. The minimum atomic E-state index is -3.37. The summed E-state index contributed by atoms with van der Waals surface area (Å²) in [4.78, 5) is 1.10. The lowest BCUT2D eigenvalue weighted by Gasteiger charge is -2.37. The molecule has 2 N–H and O–H groups in total. The van der Waals surface area contributed by atoms with Crippen molar-refractivity contribution >= 4 is 21.4 Å². The largest absolute Gasteiger partial charge is 0.329 e. The molecule has 108 valence electrons. The maximum Gasteiger partial charge on any atom is 0.252 e. The van der Waals surface area contributed by atoms with Crippen LogP contribution in [0.5, 0.6) is 0 Å². The van der Waals surface area contributed by atoms with Crippen molar-refractivity contribution in [1.82, 2.24) is 4.31 Å². The Kier molecular flexibility index (Phi) is 4.66. The summed E-state index contributed by atoms with van der Waals surface area (Å²) < 4.78 is 27.5. The van der Waals surface area contributed by atoms with Gasteiger partial charge in [-0.2, -0.15) is 4.31 Å². The third-order valence-electron chi connectivity index (χ3n) is 3.85. The fraction of sp³-hybridized carbons (Fsp3) is 0.692. The number of sulfonamides is 1. The molecule has 1 aliphatic rings. The van der Waals surface area contributed by atoms with E-state index in [1.54, 1.807) is 10.4 Å². The first-order valence-electron chi connectivity index (χ1n) is 6.81. The summed E-state index contributed by atoms with van der Waals surface area (Å²) in [5.74, 6) is 0.333. The van der Waals surface area contributed by atoms with E-state index in [1.165, 1.54) is 11.3 Å². The normalized spacial score (nSPS) is 25.6. The Morgan fingerprint density at radius 3 is 2.79 bits per heavy atom. The van der Waals surface area contributed by atoms with E-state index in [-0.39, 0.29) is 6.04 Å². The van der Waals surface area contributed by atoms with Crippen LogP contribution in [0.15, 0.2) is 16.3 Å². The molecule has 0 aliphatic carbocycles. The highest BCUT2D eigenvalue weighted by Gasteiger charge is 2.36. The van der Waals surface area contributed by atoms with Crippen LogP contribution in [-0.2, 0) is 16.4 Å². The van der Waals surface area contributed by atoms with Gasteiger partial charge in [-0.3, -0.25) is 0 Å². The van der Waals surface area contributed by atoms with Gasteiger partial charge in [-0.25, -0.2) is 8.42 Å². The molecular weight excluding hydrogens is 280 g/mol. The predicted octanol–water partition coefficient (Wildman–Crippen LogP) is 2.06. The van der Waals surface area contributed by atoms with Gasteiger partial charge in [-0.1, -0.05) is 13.8 Å². The molecule has 0 aromatic carbocycles. The maximum atomic E-state index is 12.7. The lowest BCUT2D eigenvalue weighted by Crippen LogP contribution is -2.51. The maximum absolute atomic E-state index is 12.7. The van der Waals surface area contributed by atoms with Crippen LogP contribution in [0.25, 0.3) is 0 Å². The Morgan fingerprint density at radius 2 is 2.21 bits per heavy atom. The lowest BCUT2D eigenvalue weighted by molar-refractivity contribution is 0.193. The van der Waals surface area contributed by atoms with Crippen molar-refractivity contribution in [1.29, 1.82) is 0 Å². The number of hydrogen-bond acceptors (Lipinski definition) is 4. The third kappa shape index (κ3) is 2.86. The molecule has 2 unspecified atom stereocenters. The standard InChI is InChI=1S/C13H22N2O2S2/c1-3-11-6-7-13(18-11)19(16,17)15-8-4-5-10(2)12(15)9-14/h6-7,10,12H,3-5,8-9,14H2,1-2H3. The molecule has 1 saturated heterocycles. The Labute approximate surface area is 119 Å². The second-order valence-electron chi connectivity index (χ2n) is 5.11. The van der Waals surface area contributed by atoms with E-state index in [0.717, 1.165) is 24.1 Å². The summed E-state index contributed by atoms with van der Waals surface area (Å²) in [6, 6.07) is 3.57. The van der Waals surface area contributed by atoms with Crippen LogP contribution in [0.4, 0.5) is 0 Å². The monoisotopic (exact) mass is 302 g/mol. The van der Waals surface area contributed by atoms with Crippen molar-refractivity contribution < 1.29 is 8.42 Å². The lowest BCUT2D eigenvalue weighted by atomic mass is 9.93. The van der Waals surface area contributed by atoms with E-state index in [4.69, 9.17) is 5.73 Å². The first-order valence-corrected chi connectivity index (χ1v) is 9.07. The molecule has 6 heteroatoms. The second-order valence-corrected chi connectivity index (χ2v) is 8.40. The third-order valence-corrected chi connectivity index (χ3v) is 7.48. The molecule has 0 saturated carbocycles. The van der Waals surface area contributed by atoms with Gasteiger partial charge in [0.05, 0.1) is 0 Å². The number of thiophene rings is 1. The van der Waals surface area contributed by atoms with E-state index in [1.807, 2.05) is 13.0 Å². The molecule has 0 bridgehead atoms. The Balaban J connectivity index is 2.32. The molecule has 0 spiro atoms. The second kappa shape index (κ2) is 5.91. The Morgan fingerprint density at radius 1 is 1.47 bits per heavy atom. The minimum absolute atomic E-state index is 0.0640. The van der Waals surface area contributed by atoms with Gasteiger partial charge in [-0.05, 0) is 37.3 Å². The van der Waals surface area contributed by atoms with Gasteiger partial charge in [-0.15, -0.1) is 11.3 Å². The zero-order chi connectivity index (χ0) is 14.0. The molecule has 4 nitrogen and oxygen atoms in total. The number of nitrogens with zero attached hydrogens (tertiary/aromatic N) is 1. The molecule has 2 rings (SSSR count). The molecule has 1 aromatic heterocycles. The highest BCUT2D eigenvalue weighted by atomic mass is 32.2. The van der Waals surface area contributed by atoms with Crippen molar-refractivity contribution in [3.05, 3.63) is 17.0 Å². The van der Waals surface area contributed by atoms with E-state index >= 15 is 0 Å². The number of nitrogens with two attached hydrogens (primary N) is 1. The van der Waals surface area contributed by atoms with Gasteiger partial charge in [0.15, 0.2) is 0 Å². The topological polar surface area (TPSA) is 63.4 Å². The Hall–Kier alpha value is -0.430. The van der Waals surface area contributed by atoms with Crippen LogP contribution in [0.1, 0.15) is 31.6 Å². The van der Waals surface area contributed by atoms with Crippen molar-refractivity contribution in [2.45, 2.75) is 43.4 Å². The summed E-state index contributed by atoms with van der Waals surface area (Å²) in [6.45, 7) is 5.11. The zero-order valence-corrected chi connectivity index (χ0v) is 13.1. The molecule has 1 fully saturated rings. The summed E-state index contributed by atoms with van der Waals surface area (Å²) in [7, 11) is -3.37. The highest BCUT2D eigenvalue weighted by Crippen LogP contribution is 2.31. The van der Waals surface area contributed by atoms with E-state index in [2.05, 4.69) is 6.92 Å². The van der Waals surface area contributed by atoms with Gasteiger partial charge in [0.2, 0.25) is 0 Å². The van der Waals surface area contributed by atoms with Crippen molar-refractivity contribution in [2.24, 2.45) is 11.7 Å². The highest BCUT2D eigenvalue weighted by molar-refractivity contribution is 7.91. The van der Waals surface area contributed by atoms with Crippen LogP contribution in [0.3, 0.4) is 0 Å². The Bertz CT molecular complexity index is 525. The fourth-order valence-electron chi connectivity index (χ4n) is 2.66. The van der Waals surface area contributed by atoms with Crippen LogP contribution in [-0.4, -0.2) is 31.9 Å². The van der Waals surface area contributed by atoms with E-state index in [0.29, 0.717) is 23.2 Å². The van der Waals surface area contributed by atoms with Crippen LogP contribution >= 0.6 is 11.3 Å². The van der Waals surface area contributed by atoms with E-state index in [9.17, 15) is 8.42 Å². The fourth-order valence-corrected chi connectivity index (χ4v) is 5.86. The number of rotatable bonds is 4. The zero-order valence-electron chi connectivity index (χ0n) is 11.5. The summed E-state index contributed by atoms with van der Waals surface area (Å²) in [6.07, 6.45) is 2.85. The summed E-state index contributed by atoms with van der Waals surface area (Å²) in [5.41, 5.74) is 5.79. The van der Waals surface area contributed by atoms with Crippen LogP contribution in [0.2, 0.25) is 0 Å². The molecule has 2 atom stereocenters. The molecule has 2 heterocycles. The molecule has 1 aliphatic heterocycles. The molecule has 0 radical (unpaired) electrons. The summed E-state index contributed by atoms with van der Waals surface area (Å²) in [5, 5.41) is 0. The van der Waals surface area contributed by atoms with Gasteiger partial charge in [0.1, 0.15) is 4.21 Å². The minimum Gasteiger partial charge on any atom is -0.329 e. The van der Waals surface area contributed by atoms with Crippen molar-refractivity contribution in [2.75, 3.05) is 13.1 Å². The van der Waals surface area contributed by atoms with Gasteiger partial charge in [0, 0.05) is 24.0 Å². The van der Waals surface area contributed by atoms with Crippen LogP contribution in [0, 0.1) is 5.92 Å². The number of aryl methyl sites for hydroxylation is 1. The first kappa shape index (κ1) is 15.0. The molecule has 0 amide bonds. The van der Waals surface area contributed by atoms with Crippen molar-refractivity contribution in [3.8, 4) is 0 Å². The molecule has 1 aromatic rings. The smallest absolute Gasteiger partial charge is 0.252 e.